The van der Waals surface area contributed by atoms with E-state index in [-0.39, 0.29) is 5.78 Å². The fourth-order valence-corrected chi connectivity index (χ4v) is 1.61. The lowest BCUT2D eigenvalue weighted by Gasteiger charge is -2.22. The van der Waals surface area contributed by atoms with Crippen molar-refractivity contribution in [1.82, 2.24) is 15.1 Å². The number of likely N-dealkylation sites (N-methyl/N-ethyl adjacent to an activating group) is 1. The highest BCUT2D eigenvalue weighted by Crippen LogP contribution is 2.21. The van der Waals surface area contributed by atoms with Gasteiger partial charge in [0.2, 0.25) is 0 Å². The first-order valence-electron chi connectivity index (χ1n) is 5.19. The van der Waals surface area contributed by atoms with Crippen molar-refractivity contribution in [2.24, 2.45) is 7.05 Å². The van der Waals surface area contributed by atoms with Gasteiger partial charge in [-0.1, -0.05) is 11.6 Å². The molecule has 0 fully saturated rings. The minimum absolute atomic E-state index is 0.0971. The molecule has 0 saturated carbocycles. The van der Waals surface area contributed by atoms with Gasteiger partial charge in [-0.05, 0) is 27.8 Å². The molecule has 0 radical (unpaired) electrons. The molecule has 0 amide bonds. The van der Waals surface area contributed by atoms with Crippen molar-refractivity contribution < 1.29 is 4.79 Å². The van der Waals surface area contributed by atoms with Gasteiger partial charge in [0.1, 0.15) is 0 Å². The van der Waals surface area contributed by atoms with Crippen LogP contribution in [0.2, 0.25) is 5.02 Å². The van der Waals surface area contributed by atoms with E-state index in [9.17, 15) is 4.79 Å². The SMILES string of the molecule is CNC(C)(C)C(=O)Cc1c(Cl)c(C)nn1C. The normalized spacial score (nSPS) is 11.9. The summed E-state index contributed by atoms with van der Waals surface area (Å²) in [6.07, 6.45) is 0.296. The Morgan fingerprint density at radius 2 is 2.12 bits per heavy atom. The molecule has 0 bridgehead atoms. The number of hydrogen-bond acceptors (Lipinski definition) is 3. The lowest BCUT2D eigenvalue weighted by molar-refractivity contribution is -0.123. The number of rotatable bonds is 4. The Bertz CT molecular complexity index is 410. The average molecular weight is 244 g/mol. The third kappa shape index (κ3) is 2.44. The van der Waals surface area contributed by atoms with Gasteiger partial charge in [0.25, 0.3) is 0 Å². The Morgan fingerprint density at radius 1 is 1.56 bits per heavy atom. The summed E-state index contributed by atoms with van der Waals surface area (Å²) in [6, 6.07) is 0. The maximum Gasteiger partial charge on any atom is 0.158 e. The van der Waals surface area contributed by atoms with Gasteiger partial charge in [0.15, 0.2) is 5.78 Å². The van der Waals surface area contributed by atoms with Crippen LogP contribution in [0.1, 0.15) is 25.2 Å². The number of nitrogens with zero attached hydrogens (tertiary/aromatic N) is 2. The van der Waals surface area contributed by atoms with Crippen molar-refractivity contribution in [3.63, 3.8) is 0 Å². The summed E-state index contributed by atoms with van der Waals surface area (Å²) in [4.78, 5) is 12.0. The van der Waals surface area contributed by atoms with Crippen LogP contribution in [-0.4, -0.2) is 28.2 Å². The molecule has 0 aliphatic carbocycles. The molecule has 1 aromatic rings. The Balaban J connectivity index is 2.94. The fraction of sp³-hybridized carbons (Fsp3) is 0.636. The minimum atomic E-state index is -0.540. The molecule has 90 valence electrons. The highest BCUT2D eigenvalue weighted by molar-refractivity contribution is 6.32. The predicted octanol–water partition coefficient (Wildman–Crippen LogP) is 1.49. The van der Waals surface area contributed by atoms with Crippen LogP contribution in [-0.2, 0) is 18.3 Å². The lowest BCUT2D eigenvalue weighted by atomic mass is 9.96. The zero-order chi connectivity index (χ0) is 12.5. The predicted molar refractivity (Wildman–Crippen MR) is 64.8 cm³/mol. The summed E-state index contributed by atoms with van der Waals surface area (Å²) in [6.45, 7) is 5.54. The number of halogens is 1. The molecule has 0 atom stereocenters. The van der Waals surface area contributed by atoms with E-state index in [4.69, 9.17) is 11.6 Å². The molecule has 0 aromatic carbocycles. The second kappa shape index (κ2) is 4.55. The number of carbonyl (C=O) groups is 1. The van der Waals surface area contributed by atoms with Gasteiger partial charge in [0, 0.05) is 7.05 Å². The van der Waals surface area contributed by atoms with Gasteiger partial charge in [-0.15, -0.1) is 0 Å². The summed E-state index contributed by atoms with van der Waals surface area (Å²) in [7, 11) is 3.57. The Kier molecular flexibility index (Phi) is 3.76. The molecule has 1 N–H and O–H groups in total. The number of aryl methyl sites for hydroxylation is 2. The van der Waals surface area contributed by atoms with E-state index in [0.29, 0.717) is 11.4 Å². The zero-order valence-corrected chi connectivity index (χ0v) is 11.1. The number of carbonyl (C=O) groups excluding carboxylic acids is 1. The van der Waals surface area contributed by atoms with E-state index in [1.54, 1.807) is 18.8 Å². The zero-order valence-electron chi connectivity index (χ0n) is 10.4. The molecular weight excluding hydrogens is 226 g/mol. The van der Waals surface area contributed by atoms with E-state index < -0.39 is 5.54 Å². The minimum Gasteiger partial charge on any atom is -0.308 e. The largest absolute Gasteiger partial charge is 0.308 e. The fourth-order valence-electron chi connectivity index (χ4n) is 1.38. The van der Waals surface area contributed by atoms with Crippen molar-refractivity contribution in [2.75, 3.05) is 7.05 Å². The first-order valence-corrected chi connectivity index (χ1v) is 5.57. The van der Waals surface area contributed by atoms with Crippen LogP contribution in [0.25, 0.3) is 0 Å². The monoisotopic (exact) mass is 243 g/mol. The van der Waals surface area contributed by atoms with Gasteiger partial charge in [-0.25, -0.2) is 0 Å². The molecule has 0 aliphatic heterocycles. The van der Waals surface area contributed by atoms with Crippen molar-refractivity contribution >= 4 is 17.4 Å². The number of hydrogen-bond donors (Lipinski definition) is 1. The maximum absolute atomic E-state index is 12.0. The number of nitrogens with one attached hydrogen (secondary N) is 1. The van der Waals surface area contributed by atoms with Gasteiger partial charge < -0.3 is 5.32 Å². The van der Waals surface area contributed by atoms with Crippen molar-refractivity contribution in [3.05, 3.63) is 16.4 Å². The van der Waals surface area contributed by atoms with E-state index >= 15 is 0 Å². The van der Waals surface area contributed by atoms with Crippen LogP contribution >= 0.6 is 11.6 Å². The first kappa shape index (κ1) is 13.2. The van der Waals surface area contributed by atoms with Gasteiger partial charge >= 0.3 is 0 Å². The highest BCUT2D eigenvalue weighted by atomic mass is 35.5. The molecule has 1 rings (SSSR count). The summed E-state index contributed by atoms with van der Waals surface area (Å²) >= 11 is 6.10. The molecular formula is C11H18ClN3O. The van der Waals surface area contributed by atoms with Crippen molar-refractivity contribution in [3.8, 4) is 0 Å². The topological polar surface area (TPSA) is 46.9 Å². The second-order valence-electron chi connectivity index (χ2n) is 4.44. The first-order chi connectivity index (χ1) is 7.29. The van der Waals surface area contributed by atoms with E-state index in [1.807, 2.05) is 20.8 Å². The Hall–Kier alpha value is -0.870. The van der Waals surface area contributed by atoms with E-state index in [1.165, 1.54) is 0 Å². The Morgan fingerprint density at radius 3 is 2.50 bits per heavy atom. The summed E-state index contributed by atoms with van der Waals surface area (Å²) in [5, 5.41) is 7.75. The van der Waals surface area contributed by atoms with Crippen molar-refractivity contribution in [2.45, 2.75) is 32.7 Å². The van der Waals surface area contributed by atoms with Gasteiger partial charge in [-0.3, -0.25) is 9.48 Å². The second-order valence-corrected chi connectivity index (χ2v) is 4.82. The highest BCUT2D eigenvalue weighted by Gasteiger charge is 2.27. The molecule has 0 unspecified atom stereocenters. The summed E-state index contributed by atoms with van der Waals surface area (Å²) < 4.78 is 1.67. The standard InChI is InChI=1S/C11H18ClN3O/c1-7-10(12)8(15(5)14-7)6-9(16)11(2,3)13-4/h13H,6H2,1-5H3. The third-order valence-corrected chi connectivity index (χ3v) is 3.40. The molecule has 5 heteroatoms. The molecule has 0 saturated heterocycles. The molecule has 1 heterocycles. The summed E-state index contributed by atoms with van der Waals surface area (Å²) in [5.74, 6) is 0.0971. The lowest BCUT2D eigenvalue weighted by Crippen LogP contribution is -2.45. The Labute approximate surface area is 101 Å². The van der Waals surface area contributed by atoms with Gasteiger partial charge in [-0.2, -0.15) is 5.10 Å². The van der Waals surface area contributed by atoms with E-state index in [2.05, 4.69) is 10.4 Å². The van der Waals surface area contributed by atoms with Gasteiger partial charge in [0.05, 0.1) is 28.4 Å². The molecule has 0 aliphatic rings. The number of Topliss-reactive ketones (excluding diaryl/α,β-unsaturated/α-hetero) is 1. The molecule has 0 spiro atoms. The average Bonchev–Trinajstić information content (AvgIpc) is 2.45. The van der Waals surface area contributed by atoms with Crippen LogP contribution in [0.3, 0.4) is 0 Å². The number of ketones is 1. The maximum atomic E-state index is 12.0. The quantitative estimate of drug-likeness (QED) is 0.872. The van der Waals surface area contributed by atoms with Crippen LogP contribution < -0.4 is 5.32 Å². The van der Waals surface area contributed by atoms with Crippen LogP contribution in [0.15, 0.2) is 0 Å². The van der Waals surface area contributed by atoms with E-state index in [0.717, 1.165) is 11.4 Å². The van der Waals surface area contributed by atoms with Crippen LogP contribution in [0.4, 0.5) is 0 Å². The van der Waals surface area contributed by atoms with Crippen LogP contribution in [0.5, 0.6) is 0 Å². The van der Waals surface area contributed by atoms with Crippen LogP contribution in [0, 0.1) is 6.92 Å². The molecule has 1 aromatic heterocycles. The third-order valence-electron chi connectivity index (χ3n) is 2.91. The van der Waals surface area contributed by atoms with Crippen molar-refractivity contribution in [1.29, 1.82) is 0 Å². The molecule has 16 heavy (non-hydrogen) atoms. The number of aromatic nitrogens is 2. The summed E-state index contributed by atoms with van der Waals surface area (Å²) in [5.41, 5.74) is 0.989. The smallest absolute Gasteiger partial charge is 0.158 e. The molecule has 4 nitrogen and oxygen atoms in total.